The van der Waals surface area contributed by atoms with Crippen LogP contribution in [-0.2, 0) is 11.3 Å². The first-order valence-corrected chi connectivity index (χ1v) is 8.45. The Kier molecular flexibility index (Phi) is 6.87. The van der Waals surface area contributed by atoms with E-state index in [0.29, 0.717) is 5.92 Å². The van der Waals surface area contributed by atoms with Crippen LogP contribution in [0.5, 0.6) is 11.5 Å². The molecule has 1 aliphatic heterocycles. The van der Waals surface area contributed by atoms with E-state index in [1.165, 1.54) is 0 Å². The van der Waals surface area contributed by atoms with E-state index in [9.17, 15) is 4.79 Å². The predicted molar refractivity (Wildman–Crippen MR) is 92.2 cm³/mol. The second kappa shape index (κ2) is 8.89. The SMILES string of the molecule is CCC[C@H]1CN(Cc2cccc(OC)c2OC)C[C@@H]1NC(=O)CO. The Labute approximate surface area is 143 Å². The highest BCUT2D eigenvalue weighted by Crippen LogP contribution is 2.33. The summed E-state index contributed by atoms with van der Waals surface area (Å²) in [6.07, 6.45) is 2.13. The number of ether oxygens (including phenoxy) is 2. The zero-order valence-electron chi connectivity index (χ0n) is 14.7. The molecule has 2 N–H and O–H groups in total. The molecule has 1 aliphatic rings. The minimum Gasteiger partial charge on any atom is -0.493 e. The van der Waals surface area contributed by atoms with Gasteiger partial charge in [-0.05, 0) is 18.4 Å². The van der Waals surface area contributed by atoms with Crippen LogP contribution in [0.3, 0.4) is 0 Å². The Hall–Kier alpha value is -1.79. The van der Waals surface area contributed by atoms with Crippen LogP contribution in [0.1, 0.15) is 25.3 Å². The Morgan fingerprint density at radius 1 is 1.33 bits per heavy atom. The molecule has 0 aromatic heterocycles. The fourth-order valence-electron chi connectivity index (χ4n) is 3.49. The Morgan fingerprint density at radius 3 is 2.75 bits per heavy atom. The summed E-state index contributed by atoms with van der Waals surface area (Å²) < 4.78 is 10.9. The summed E-state index contributed by atoms with van der Waals surface area (Å²) >= 11 is 0. The molecule has 6 nitrogen and oxygen atoms in total. The third-order valence-corrected chi connectivity index (χ3v) is 4.54. The van der Waals surface area contributed by atoms with Crippen LogP contribution in [0.2, 0.25) is 0 Å². The van der Waals surface area contributed by atoms with Crippen LogP contribution >= 0.6 is 0 Å². The zero-order chi connectivity index (χ0) is 17.5. The first-order valence-electron chi connectivity index (χ1n) is 8.45. The predicted octanol–water partition coefficient (Wildman–Crippen LogP) is 1.41. The van der Waals surface area contributed by atoms with Gasteiger partial charge in [0.25, 0.3) is 0 Å². The van der Waals surface area contributed by atoms with E-state index < -0.39 is 6.61 Å². The highest BCUT2D eigenvalue weighted by atomic mass is 16.5. The Bertz CT molecular complexity index is 550. The van der Waals surface area contributed by atoms with E-state index in [0.717, 1.165) is 49.5 Å². The van der Waals surface area contributed by atoms with Gasteiger partial charge in [-0.2, -0.15) is 0 Å². The monoisotopic (exact) mass is 336 g/mol. The molecule has 0 saturated carbocycles. The molecule has 1 heterocycles. The van der Waals surface area contributed by atoms with Crippen molar-refractivity contribution in [3.05, 3.63) is 23.8 Å². The number of hydrogen-bond donors (Lipinski definition) is 2. The number of aliphatic hydroxyl groups is 1. The van der Waals surface area contributed by atoms with Crippen molar-refractivity contribution < 1.29 is 19.4 Å². The second-order valence-corrected chi connectivity index (χ2v) is 6.23. The number of amides is 1. The molecule has 0 bridgehead atoms. The number of nitrogens with one attached hydrogen (secondary N) is 1. The average Bonchev–Trinajstić information content (AvgIpc) is 2.95. The maximum absolute atomic E-state index is 11.6. The van der Waals surface area contributed by atoms with E-state index in [4.69, 9.17) is 14.6 Å². The molecule has 134 valence electrons. The van der Waals surface area contributed by atoms with Crippen LogP contribution in [0.25, 0.3) is 0 Å². The molecule has 6 heteroatoms. The molecular weight excluding hydrogens is 308 g/mol. The van der Waals surface area contributed by atoms with E-state index >= 15 is 0 Å². The maximum Gasteiger partial charge on any atom is 0.245 e. The lowest BCUT2D eigenvalue weighted by Crippen LogP contribution is -2.41. The number of likely N-dealkylation sites (tertiary alicyclic amines) is 1. The van der Waals surface area contributed by atoms with Gasteiger partial charge in [-0.3, -0.25) is 9.69 Å². The van der Waals surface area contributed by atoms with Crippen LogP contribution in [0.4, 0.5) is 0 Å². The number of rotatable bonds is 8. The summed E-state index contributed by atoms with van der Waals surface area (Å²) in [5.74, 6) is 1.59. The molecule has 1 aromatic carbocycles. The van der Waals surface area contributed by atoms with Gasteiger partial charge in [-0.15, -0.1) is 0 Å². The Balaban J connectivity index is 2.09. The van der Waals surface area contributed by atoms with Gasteiger partial charge in [0.2, 0.25) is 5.91 Å². The molecule has 1 fully saturated rings. The van der Waals surface area contributed by atoms with Crippen LogP contribution < -0.4 is 14.8 Å². The van der Waals surface area contributed by atoms with E-state index in [1.807, 2.05) is 18.2 Å². The van der Waals surface area contributed by atoms with Gasteiger partial charge in [0, 0.05) is 31.2 Å². The van der Waals surface area contributed by atoms with Gasteiger partial charge >= 0.3 is 0 Å². The highest BCUT2D eigenvalue weighted by molar-refractivity contribution is 5.77. The smallest absolute Gasteiger partial charge is 0.245 e. The van der Waals surface area contributed by atoms with E-state index in [1.54, 1.807) is 14.2 Å². The van der Waals surface area contributed by atoms with Crippen LogP contribution in [0, 0.1) is 5.92 Å². The van der Waals surface area contributed by atoms with E-state index in [2.05, 4.69) is 17.1 Å². The molecule has 0 radical (unpaired) electrons. The maximum atomic E-state index is 11.6. The first-order chi connectivity index (χ1) is 11.6. The summed E-state index contributed by atoms with van der Waals surface area (Å²) in [5.41, 5.74) is 1.07. The van der Waals surface area contributed by atoms with Crippen molar-refractivity contribution in [2.24, 2.45) is 5.92 Å². The fourth-order valence-corrected chi connectivity index (χ4v) is 3.49. The molecule has 2 atom stereocenters. The minimum atomic E-state index is -0.459. The van der Waals surface area contributed by atoms with Crippen molar-refractivity contribution in [2.45, 2.75) is 32.4 Å². The number of methoxy groups -OCH3 is 2. The minimum absolute atomic E-state index is 0.0844. The quantitative estimate of drug-likeness (QED) is 0.751. The van der Waals surface area contributed by atoms with Gasteiger partial charge < -0.3 is 19.9 Å². The number of para-hydroxylation sites is 1. The number of benzene rings is 1. The van der Waals surface area contributed by atoms with Gasteiger partial charge in [0.1, 0.15) is 6.61 Å². The molecule has 2 rings (SSSR count). The lowest BCUT2D eigenvalue weighted by Gasteiger charge is -2.19. The second-order valence-electron chi connectivity index (χ2n) is 6.23. The van der Waals surface area contributed by atoms with Crippen molar-refractivity contribution in [1.29, 1.82) is 0 Å². The Morgan fingerprint density at radius 2 is 2.12 bits per heavy atom. The van der Waals surface area contributed by atoms with Gasteiger partial charge in [0.15, 0.2) is 11.5 Å². The third kappa shape index (κ3) is 4.39. The van der Waals surface area contributed by atoms with Crippen molar-refractivity contribution in [3.63, 3.8) is 0 Å². The number of hydrogen-bond acceptors (Lipinski definition) is 5. The number of carbonyl (C=O) groups excluding carboxylic acids is 1. The lowest BCUT2D eigenvalue weighted by molar-refractivity contribution is -0.124. The summed E-state index contributed by atoms with van der Waals surface area (Å²) in [7, 11) is 3.28. The molecular formula is C18H28N2O4. The van der Waals surface area contributed by atoms with Crippen LogP contribution in [0.15, 0.2) is 18.2 Å². The summed E-state index contributed by atoms with van der Waals surface area (Å²) in [5, 5.41) is 11.9. The van der Waals surface area contributed by atoms with Gasteiger partial charge in [-0.25, -0.2) is 0 Å². The lowest BCUT2D eigenvalue weighted by atomic mass is 9.98. The van der Waals surface area contributed by atoms with Crippen molar-refractivity contribution in [3.8, 4) is 11.5 Å². The highest BCUT2D eigenvalue weighted by Gasteiger charge is 2.33. The third-order valence-electron chi connectivity index (χ3n) is 4.54. The zero-order valence-corrected chi connectivity index (χ0v) is 14.7. The molecule has 0 spiro atoms. The van der Waals surface area contributed by atoms with Crippen molar-refractivity contribution >= 4 is 5.91 Å². The topological polar surface area (TPSA) is 71.0 Å². The number of carbonyl (C=O) groups is 1. The molecule has 1 saturated heterocycles. The molecule has 0 unspecified atom stereocenters. The normalized spacial score (nSPS) is 20.8. The average molecular weight is 336 g/mol. The molecule has 24 heavy (non-hydrogen) atoms. The van der Waals surface area contributed by atoms with Crippen LogP contribution in [-0.4, -0.2) is 55.9 Å². The van der Waals surface area contributed by atoms with Gasteiger partial charge in [0.05, 0.1) is 14.2 Å². The first kappa shape index (κ1) is 18.5. The summed E-state index contributed by atoms with van der Waals surface area (Å²) in [6, 6.07) is 5.97. The van der Waals surface area contributed by atoms with Crippen molar-refractivity contribution in [2.75, 3.05) is 33.9 Å². The summed E-state index contributed by atoms with van der Waals surface area (Å²) in [4.78, 5) is 13.9. The van der Waals surface area contributed by atoms with Gasteiger partial charge in [-0.1, -0.05) is 25.5 Å². The van der Waals surface area contributed by atoms with Crippen molar-refractivity contribution in [1.82, 2.24) is 10.2 Å². The number of nitrogens with zero attached hydrogens (tertiary/aromatic N) is 1. The molecule has 0 aliphatic carbocycles. The largest absolute Gasteiger partial charge is 0.493 e. The van der Waals surface area contributed by atoms with E-state index in [-0.39, 0.29) is 11.9 Å². The summed E-state index contributed by atoms with van der Waals surface area (Å²) in [6.45, 7) is 4.13. The molecule has 1 amide bonds. The number of aliphatic hydroxyl groups excluding tert-OH is 1. The fraction of sp³-hybridized carbons (Fsp3) is 0.611. The molecule has 1 aromatic rings. The standard InChI is InChI=1S/C18H28N2O4/c1-4-6-13-9-20(11-15(13)19-17(22)12-21)10-14-7-5-8-16(23-2)18(14)24-3/h5,7-8,13,15,21H,4,6,9-12H2,1-3H3,(H,19,22)/t13-,15-/m0/s1.